The van der Waals surface area contributed by atoms with Crippen LogP contribution in [0.3, 0.4) is 0 Å². The highest BCUT2D eigenvalue weighted by molar-refractivity contribution is 5.97. The van der Waals surface area contributed by atoms with Gasteiger partial charge in [0.1, 0.15) is 18.1 Å². The molecule has 0 radical (unpaired) electrons. The number of likely N-dealkylation sites (tertiary alicyclic amines) is 1. The highest BCUT2D eigenvalue weighted by Crippen LogP contribution is 2.20. The quantitative estimate of drug-likeness (QED) is 0.186. The Hall–Kier alpha value is -3.22. The lowest BCUT2D eigenvalue weighted by atomic mass is 10.0. The maximum absolute atomic E-state index is 13.0. The number of hydrogen-bond donors (Lipinski definition) is 6. The van der Waals surface area contributed by atoms with Crippen molar-refractivity contribution >= 4 is 35.6 Å². The second kappa shape index (κ2) is 12.0. The Balaban J connectivity index is 2.96. The summed E-state index contributed by atoms with van der Waals surface area (Å²) in [6.45, 7) is 3.75. The minimum atomic E-state index is -1.46. The van der Waals surface area contributed by atoms with Crippen molar-refractivity contribution in [2.75, 3.05) is 6.54 Å². The summed E-state index contributed by atoms with van der Waals surface area (Å²) in [5.41, 5.74) is 10.7. The fourth-order valence-electron chi connectivity index (χ4n) is 3.42. The molecule has 13 nitrogen and oxygen atoms in total. The van der Waals surface area contributed by atoms with Gasteiger partial charge in [0.15, 0.2) is 0 Å². The van der Waals surface area contributed by atoms with Gasteiger partial charge in [-0.3, -0.25) is 24.0 Å². The summed E-state index contributed by atoms with van der Waals surface area (Å²) in [5.74, 6) is -5.81. The molecular formula is C19H31N5O8. The smallest absolute Gasteiger partial charge is 0.326 e. The second-order valence-electron chi connectivity index (χ2n) is 8.15. The zero-order chi connectivity index (χ0) is 24.6. The highest BCUT2D eigenvalue weighted by atomic mass is 16.4. The van der Waals surface area contributed by atoms with Crippen LogP contribution >= 0.6 is 0 Å². The first kappa shape index (κ1) is 26.8. The molecule has 0 spiro atoms. The van der Waals surface area contributed by atoms with Gasteiger partial charge in [0.2, 0.25) is 23.6 Å². The largest absolute Gasteiger partial charge is 0.481 e. The number of hydrogen-bond acceptors (Lipinski definition) is 7. The average Bonchev–Trinajstić information content (AvgIpc) is 3.14. The SMILES string of the molecule is CC(C)CC(NC(=O)C1CCCN1C(=O)C(CC(N)=O)NC(=O)C(N)CC(=O)O)C(=O)O. The van der Waals surface area contributed by atoms with Crippen molar-refractivity contribution in [3.05, 3.63) is 0 Å². The number of aliphatic carboxylic acids is 2. The third-order valence-corrected chi connectivity index (χ3v) is 4.91. The van der Waals surface area contributed by atoms with Gasteiger partial charge in [-0.05, 0) is 25.2 Å². The molecule has 0 aliphatic carbocycles. The number of carboxylic acid groups (broad SMARTS) is 2. The first-order valence-electron chi connectivity index (χ1n) is 10.2. The molecule has 0 saturated carbocycles. The Morgan fingerprint density at radius 1 is 1.03 bits per heavy atom. The standard InChI is InChI=1S/C19H31N5O8/c1-9(2)6-12(19(31)32)23-17(29)13-4-3-5-24(13)18(30)11(8-14(21)25)22-16(28)10(20)7-15(26)27/h9-13H,3-8,20H2,1-2H3,(H2,21,25)(H,22,28)(H,23,29)(H,26,27)(H,31,32). The van der Waals surface area contributed by atoms with Crippen molar-refractivity contribution in [3.63, 3.8) is 0 Å². The van der Waals surface area contributed by atoms with E-state index in [2.05, 4.69) is 10.6 Å². The molecule has 1 saturated heterocycles. The monoisotopic (exact) mass is 457 g/mol. The molecule has 8 N–H and O–H groups in total. The first-order chi connectivity index (χ1) is 14.8. The second-order valence-corrected chi connectivity index (χ2v) is 8.15. The van der Waals surface area contributed by atoms with Crippen molar-refractivity contribution in [1.82, 2.24) is 15.5 Å². The third kappa shape index (κ3) is 8.13. The molecule has 0 aromatic rings. The average molecular weight is 457 g/mol. The molecule has 1 heterocycles. The molecule has 4 unspecified atom stereocenters. The zero-order valence-electron chi connectivity index (χ0n) is 18.1. The Morgan fingerprint density at radius 3 is 2.16 bits per heavy atom. The van der Waals surface area contributed by atoms with E-state index in [0.29, 0.717) is 6.42 Å². The van der Waals surface area contributed by atoms with Crippen molar-refractivity contribution in [2.45, 2.75) is 70.1 Å². The van der Waals surface area contributed by atoms with Gasteiger partial charge in [-0.2, -0.15) is 0 Å². The summed E-state index contributed by atoms with van der Waals surface area (Å²) in [7, 11) is 0. The molecule has 1 rings (SSSR count). The maximum atomic E-state index is 13.0. The van der Waals surface area contributed by atoms with E-state index in [4.69, 9.17) is 16.6 Å². The predicted octanol–water partition coefficient (Wildman–Crippen LogP) is -2.24. The molecule has 13 heteroatoms. The van der Waals surface area contributed by atoms with Gasteiger partial charge in [0.05, 0.1) is 18.9 Å². The lowest BCUT2D eigenvalue weighted by molar-refractivity contribution is -0.145. The number of primary amides is 1. The summed E-state index contributed by atoms with van der Waals surface area (Å²) in [6.07, 6.45) is -0.364. The summed E-state index contributed by atoms with van der Waals surface area (Å²) in [6, 6.07) is -5.02. The molecular weight excluding hydrogens is 426 g/mol. The van der Waals surface area contributed by atoms with Crippen molar-refractivity contribution in [1.29, 1.82) is 0 Å². The Morgan fingerprint density at radius 2 is 1.66 bits per heavy atom. The van der Waals surface area contributed by atoms with Crippen LogP contribution < -0.4 is 22.1 Å². The van der Waals surface area contributed by atoms with Crippen LogP contribution in [-0.2, 0) is 28.8 Å². The van der Waals surface area contributed by atoms with E-state index in [1.165, 1.54) is 0 Å². The van der Waals surface area contributed by atoms with Crippen molar-refractivity contribution in [2.24, 2.45) is 17.4 Å². The van der Waals surface area contributed by atoms with Crippen LogP contribution in [0.2, 0.25) is 0 Å². The topological polar surface area (TPSA) is 222 Å². The number of carboxylic acids is 2. The first-order valence-corrected chi connectivity index (χ1v) is 10.2. The van der Waals surface area contributed by atoms with Crippen LogP contribution in [0.1, 0.15) is 46.0 Å². The molecule has 1 fully saturated rings. The van der Waals surface area contributed by atoms with Gasteiger partial charge in [-0.1, -0.05) is 13.8 Å². The highest BCUT2D eigenvalue weighted by Gasteiger charge is 2.39. The van der Waals surface area contributed by atoms with Gasteiger partial charge in [0, 0.05) is 6.54 Å². The number of carbonyl (C=O) groups is 6. The van der Waals surface area contributed by atoms with E-state index in [9.17, 15) is 33.9 Å². The van der Waals surface area contributed by atoms with Crippen LogP contribution in [0, 0.1) is 5.92 Å². The van der Waals surface area contributed by atoms with Gasteiger partial charge in [0.25, 0.3) is 0 Å². The van der Waals surface area contributed by atoms with Crippen LogP contribution in [0.25, 0.3) is 0 Å². The minimum absolute atomic E-state index is 0.00267. The van der Waals surface area contributed by atoms with Crippen LogP contribution in [0.15, 0.2) is 0 Å². The van der Waals surface area contributed by atoms with E-state index < -0.39 is 72.6 Å². The van der Waals surface area contributed by atoms with E-state index >= 15 is 0 Å². The van der Waals surface area contributed by atoms with Crippen LogP contribution in [-0.4, -0.2) is 81.4 Å². The van der Waals surface area contributed by atoms with E-state index in [1.54, 1.807) is 13.8 Å². The number of amides is 4. The molecule has 4 atom stereocenters. The molecule has 0 bridgehead atoms. The zero-order valence-corrected chi connectivity index (χ0v) is 18.1. The molecule has 1 aliphatic rings. The molecule has 0 aromatic heterocycles. The summed E-state index contributed by atoms with van der Waals surface area (Å²) >= 11 is 0. The van der Waals surface area contributed by atoms with Crippen LogP contribution in [0.5, 0.6) is 0 Å². The van der Waals surface area contributed by atoms with Crippen LogP contribution in [0.4, 0.5) is 0 Å². The summed E-state index contributed by atoms with van der Waals surface area (Å²) in [5, 5.41) is 22.8. The van der Waals surface area contributed by atoms with Crippen molar-refractivity contribution < 1.29 is 39.0 Å². The summed E-state index contributed by atoms with van der Waals surface area (Å²) < 4.78 is 0. The number of nitrogens with one attached hydrogen (secondary N) is 2. The Kier molecular flexibility index (Phi) is 10.0. The van der Waals surface area contributed by atoms with Gasteiger partial charge in [-0.15, -0.1) is 0 Å². The molecule has 32 heavy (non-hydrogen) atoms. The van der Waals surface area contributed by atoms with E-state index in [0.717, 1.165) is 4.90 Å². The number of rotatable bonds is 12. The number of carbonyl (C=O) groups excluding carboxylic acids is 4. The predicted molar refractivity (Wildman–Crippen MR) is 110 cm³/mol. The fraction of sp³-hybridized carbons (Fsp3) is 0.684. The van der Waals surface area contributed by atoms with Gasteiger partial charge >= 0.3 is 11.9 Å². The fourth-order valence-corrected chi connectivity index (χ4v) is 3.42. The number of nitrogens with two attached hydrogens (primary N) is 2. The molecule has 0 aromatic carbocycles. The maximum Gasteiger partial charge on any atom is 0.326 e. The van der Waals surface area contributed by atoms with E-state index in [-0.39, 0.29) is 25.3 Å². The Bertz CT molecular complexity index is 756. The van der Waals surface area contributed by atoms with Gasteiger partial charge < -0.3 is 37.2 Å². The summed E-state index contributed by atoms with van der Waals surface area (Å²) in [4.78, 5) is 72.7. The Labute approximate surface area is 184 Å². The number of nitrogens with zero attached hydrogens (tertiary/aromatic N) is 1. The lowest BCUT2D eigenvalue weighted by Gasteiger charge is -2.29. The van der Waals surface area contributed by atoms with Gasteiger partial charge in [-0.25, -0.2) is 4.79 Å². The normalized spacial score (nSPS) is 18.5. The minimum Gasteiger partial charge on any atom is -0.481 e. The van der Waals surface area contributed by atoms with E-state index in [1.807, 2.05) is 0 Å². The van der Waals surface area contributed by atoms with Crippen molar-refractivity contribution in [3.8, 4) is 0 Å². The molecule has 180 valence electrons. The molecule has 1 aliphatic heterocycles. The lowest BCUT2D eigenvalue weighted by Crippen LogP contribution is -2.57. The molecule has 4 amide bonds. The third-order valence-electron chi connectivity index (χ3n) is 4.91.